The van der Waals surface area contributed by atoms with Gasteiger partial charge >= 0.3 is 0 Å². The molecule has 2 heterocycles. The van der Waals surface area contributed by atoms with Gasteiger partial charge in [-0.3, -0.25) is 19.2 Å². The predicted octanol–water partition coefficient (Wildman–Crippen LogP) is 7.18. The first kappa shape index (κ1) is 26.8. The van der Waals surface area contributed by atoms with Crippen molar-refractivity contribution in [1.82, 2.24) is 0 Å². The number of thiophene rings is 2. The number of carbonyl (C=O) groups is 4. The molecule has 0 spiro atoms. The molecular formula is C34H34N2O4S2. The lowest BCUT2D eigenvalue weighted by atomic mass is 9.75. The Kier molecular flexibility index (Phi) is 5.64. The van der Waals surface area contributed by atoms with E-state index in [4.69, 9.17) is 9.98 Å². The number of ketones is 4. The molecule has 0 radical (unpaired) electrons. The van der Waals surface area contributed by atoms with Gasteiger partial charge < -0.3 is 0 Å². The zero-order chi connectivity index (χ0) is 29.3. The second kappa shape index (κ2) is 8.85. The van der Waals surface area contributed by atoms with Gasteiger partial charge in [0.15, 0.2) is 28.8 Å². The molecule has 0 saturated heterocycles. The van der Waals surface area contributed by atoms with E-state index >= 15 is 0 Å². The second-order valence-corrected chi connectivity index (χ2v) is 16.1. The summed E-state index contributed by atoms with van der Waals surface area (Å²) in [6.45, 7) is 8.75. The maximum absolute atomic E-state index is 13.2. The first-order valence-corrected chi connectivity index (χ1v) is 17.0. The third-order valence-corrected chi connectivity index (χ3v) is 13.3. The molecular weight excluding hydrogens is 565 g/mol. The number of hydrogen-bond donors (Lipinski definition) is 0. The largest absolute Gasteiger partial charge is 0.292 e. The number of hydrogen-bond acceptors (Lipinski definition) is 8. The van der Waals surface area contributed by atoms with Crippen LogP contribution in [-0.2, 0) is 30.0 Å². The van der Waals surface area contributed by atoms with Crippen LogP contribution in [0.25, 0.3) is 15.8 Å². The molecule has 2 aromatic rings. The molecule has 2 aromatic heterocycles. The summed E-state index contributed by atoms with van der Waals surface area (Å²) in [5.74, 6) is -0.953. The van der Waals surface area contributed by atoms with E-state index in [0.717, 1.165) is 71.8 Å². The lowest BCUT2D eigenvalue weighted by Crippen LogP contribution is -2.25. The van der Waals surface area contributed by atoms with Crippen LogP contribution in [0.1, 0.15) is 101 Å². The molecule has 4 fully saturated rings. The Labute approximate surface area is 253 Å². The van der Waals surface area contributed by atoms with Gasteiger partial charge in [-0.15, -0.1) is 22.7 Å². The van der Waals surface area contributed by atoms with Crippen LogP contribution in [-0.4, -0.2) is 34.6 Å². The zero-order valence-corrected chi connectivity index (χ0v) is 26.1. The second-order valence-electron chi connectivity index (χ2n) is 14.0. The van der Waals surface area contributed by atoms with E-state index in [1.807, 2.05) is 0 Å². The van der Waals surface area contributed by atoms with Gasteiger partial charge in [-0.2, -0.15) is 0 Å². The Morgan fingerprint density at radius 3 is 1.67 bits per heavy atom. The van der Waals surface area contributed by atoms with Crippen LogP contribution in [0, 0.1) is 23.7 Å². The number of allylic oxidation sites excluding steroid dienone is 1. The van der Waals surface area contributed by atoms with Crippen molar-refractivity contribution in [2.75, 3.05) is 0 Å². The maximum Gasteiger partial charge on any atom is 0.188 e. The molecule has 4 saturated carbocycles. The highest BCUT2D eigenvalue weighted by Gasteiger charge is 2.51. The van der Waals surface area contributed by atoms with Crippen LogP contribution in [0.5, 0.6) is 0 Å². The smallest absolute Gasteiger partial charge is 0.188 e. The highest BCUT2D eigenvalue weighted by atomic mass is 32.1. The van der Waals surface area contributed by atoms with Gasteiger partial charge in [0, 0.05) is 44.3 Å². The Morgan fingerprint density at radius 1 is 0.643 bits per heavy atom. The monoisotopic (exact) mass is 598 g/mol. The van der Waals surface area contributed by atoms with E-state index in [2.05, 4.69) is 39.8 Å². The fourth-order valence-corrected chi connectivity index (χ4v) is 11.5. The predicted molar refractivity (Wildman–Crippen MR) is 166 cm³/mol. The summed E-state index contributed by atoms with van der Waals surface area (Å²) in [7, 11) is 0. The number of fused-ring (bicyclic) bond motifs is 7. The average molecular weight is 599 g/mol. The normalized spacial score (nSPS) is 30.2. The standard InChI is InChI=1S/C34H34N2O4S2/c1-33(2)19-13-22(36-26-29(39)17-11-7-8-12-18(17)30(26)40)42-31(19)32-24(33)23-20(41-32)14-21(34(23,3)4)35-25-27(37)15-9-5-6-10-16(15)28(25)38/h13-18H,5-12H2,1-4H3. The van der Waals surface area contributed by atoms with Gasteiger partial charge in [-0.25, -0.2) is 9.98 Å². The van der Waals surface area contributed by atoms with Crippen LogP contribution >= 0.6 is 22.7 Å². The number of rotatable bonds is 2. The minimum Gasteiger partial charge on any atom is -0.292 e. The van der Waals surface area contributed by atoms with Gasteiger partial charge in [0.2, 0.25) is 0 Å². The van der Waals surface area contributed by atoms with Crippen molar-refractivity contribution < 1.29 is 19.2 Å². The third kappa shape index (κ3) is 3.42. The Hall–Kier alpha value is -2.84. The number of nitrogens with zero attached hydrogens (tertiary/aromatic N) is 2. The van der Waals surface area contributed by atoms with Crippen molar-refractivity contribution in [3.8, 4) is 9.75 Å². The van der Waals surface area contributed by atoms with E-state index in [1.54, 1.807) is 22.7 Å². The third-order valence-electron chi connectivity index (χ3n) is 11.0. The minimum absolute atomic E-state index is 0.0583. The van der Waals surface area contributed by atoms with Crippen molar-refractivity contribution in [3.05, 3.63) is 33.3 Å². The number of Topliss-reactive ketones (excluding diaryl/α,β-unsaturated/α-hetero) is 4. The molecule has 0 bridgehead atoms. The summed E-state index contributed by atoms with van der Waals surface area (Å²) in [6.07, 6.45) is 9.30. The number of aliphatic imine (C=N–C) groups is 2. The lowest BCUT2D eigenvalue weighted by molar-refractivity contribution is -0.120. The molecule has 4 atom stereocenters. The van der Waals surface area contributed by atoms with Crippen molar-refractivity contribution in [2.45, 2.75) is 89.9 Å². The zero-order valence-electron chi connectivity index (χ0n) is 24.5. The molecule has 0 amide bonds. The minimum atomic E-state index is -0.450. The van der Waals surface area contributed by atoms with E-state index in [0.29, 0.717) is 0 Å². The Bertz CT molecular complexity index is 1690. The van der Waals surface area contributed by atoms with Crippen LogP contribution in [0.4, 0.5) is 5.00 Å². The van der Waals surface area contributed by atoms with Crippen molar-refractivity contribution >= 4 is 68.3 Å². The van der Waals surface area contributed by atoms with Crippen LogP contribution in [0.15, 0.2) is 21.7 Å². The van der Waals surface area contributed by atoms with E-state index < -0.39 is 5.41 Å². The molecule has 6 aliphatic rings. The van der Waals surface area contributed by atoms with Crippen LogP contribution in [0.3, 0.4) is 0 Å². The molecule has 0 N–H and O–H groups in total. The highest BCUT2D eigenvalue weighted by Crippen LogP contribution is 2.63. The topological polar surface area (TPSA) is 93.0 Å². The average Bonchev–Trinajstić information content (AvgIpc) is 3.75. The quantitative estimate of drug-likeness (QED) is 0.366. The summed E-state index contributed by atoms with van der Waals surface area (Å²) in [5, 5.41) is 0.726. The van der Waals surface area contributed by atoms with Crippen molar-refractivity contribution in [3.63, 3.8) is 0 Å². The molecule has 8 rings (SSSR count). The summed E-state index contributed by atoms with van der Waals surface area (Å²) in [6, 6.07) is 2.07. The molecule has 8 heteroatoms. The first-order chi connectivity index (χ1) is 20.0. The van der Waals surface area contributed by atoms with Gasteiger partial charge in [0.1, 0.15) is 10.7 Å². The highest BCUT2D eigenvalue weighted by molar-refractivity contribution is 7.25. The van der Waals surface area contributed by atoms with Crippen LogP contribution < -0.4 is 0 Å². The molecule has 6 nitrogen and oxygen atoms in total. The molecule has 4 unspecified atom stereocenters. The molecule has 216 valence electrons. The summed E-state index contributed by atoms with van der Waals surface area (Å²) >= 11 is 3.30. The molecule has 0 aromatic carbocycles. The van der Waals surface area contributed by atoms with Crippen molar-refractivity contribution in [1.29, 1.82) is 0 Å². The summed E-state index contributed by atoms with van der Waals surface area (Å²) in [4.78, 5) is 65.6. The summed E-state index contributed by atoms with van der Waals surface area (Å²) in [5.41, 5.74) is 4.03. The van der Waals surface area contributed by atoms with Gasteiger partial charge in [0.25, 0.3) is 0 Å². The van der Waals surface area contributed by atoms with Gasteiger partial charge in [0.05, 0.1) is 10.6 Å². The maximum atomic E-state index is 13.2. The Morgan fingerprint density at radius 2 is 1.14 bits per heavy atom. The Balaban J connectivity index is 1.16. The fourth-order valence-electron chi connectivity index (χ4n) is 8.65. The first-order valence-electron chi connectivity index (χ1n) is 15.4. The van der Waals surface area contributed by atoms with E-state index in [-0.39, 0.29) is 63.6 Å². The van der Waals surface area contributed by atoms with Gasteiger partial charge in [-0.1, -0.05) is 53.4 Å². The van der Waals surface area contributed by atoms with E-state index in [9.17, 15) is 19.2 Å². The lowest BCUT2D eigenvalue weighted by Gasteiger charge is -2.28. The molecule has 0 aliphatic heterocycles. The van der Waals surface area contributed by atoms with Gasteiger partial charge in [-0.05, 0) is 54.5 Å². The molecule has 42 heavy (non-hydrogen) atoms. The SMILES string of the molecule is CC1(C)C(N=C2C(=O)C3CCCCC3C2=O)=Cc2sc3c(c21)C(C)(C)c1cc(N=C2C(=O)C4CCCCC4C2=O)sc1-3. The van der Waals surface area contributed by atoms with Crippen molar-refractivity contribution in [2.24, 2.45) is 33.7 Å². The fraction of sp³-hybridized carbons (Fsp3) is 0.529. The number of carbonyl (C=O) groups excluding carboxylic acids is 4. The van der Waals surface area contributed by atoms with Crippen LogP contribution in [0.2, 0.25) is 0 Å². The molecule has 6 aliphatic carbocycles. The summed E-state index contributed by atoms with van der Waals surface area (Å²) < 4.78 is 0. The van der Waals surface area contributed by atoms with E-state index in [1.165, 1.54) is 21.6 Å².